The summed E-state index contributed by atoms with van der Waals surface area (Å²) in [7, 11) is -6.70. The fourth-order valence-corrected chi connectivity index (χ4v) is 5.60. The first-order valence-corrected chi connectivity index (χ1v) is 11.1. The van der Waals surface area contributed by atoms with Crippen molar-refractivity contribution in [3.63, 3.8) is 0 Å². The van der Waals surface area contributed by atoms with Crippen molar-refractivity contribution in [1.29, 1.82) is 0 Å². The van der Waals surface area contributed by atoms with Crippen molar-refractivity contribution in [3.8, 4) is 0 Å². The van der Waals surface area contributed by atoms with Gasteiger partial charge in [0.05, 0.1) is 21.9 Å². The van der Waals surface area contributed by atoms with Crippen LogP contribution in [0.1, 0.15) is 38.2 Å². The van der Waals surface area contributed by atoms with Gasteiger partial charge in [-0.25, -0.2) is 16.8 Å². The number of amides is 1. The largest absolute Gasteiger partial charge is 0.326 e. The summed E-state index contributed by atoms with van der Waals surface area (Å²) in [5.41, 5.74) is 1.11. The smallest absolute Gasteiger partial charge is 0.235 e. The van der Waals surface area contributed by atoms with Gasteiger partial charge in [0.25, 0.3) is 0 Å². The van der Waals surface area contributed by atoms with Crippen molar-refractivity contribution in [2.75, 3.05) is 10.0 Å². The first kappa shape index (κ1) is 17.2. The zero-order chi connectivity index (χ0) is 17.5. The number of rotatable bonds is 7. The zero-order valence-electron chi connectivity index (χ0n) is 13.3. The van der Waals surface area contributed by atoms with Crippen LogP contribution in [0.15, 0.2) is 18.2 Å². The molecule has 3 rings (SSSR count). The Kier molecular flexibility index (Phi) is 4.33. The normalized spacial score (nSPS) is 18.2. The Morgan fingerprint density at radius 1 is 1.00 bits per heavy atom. The zero-order valence-corrected chi connectivity index (χ0v) is 14.9. The van der Waals surface area contributed by atoms with Gasteiger partial charge in [0.1, 0.15) is 0 Å². The molecule has 24 heavy (non-hydrogen) atoms. The lowest BCUT2D eigenvalue weighted by Gasteiger charge is -2.12. The van der Waals surface area contributed by atoms with Crippen molar-refractivity contribution >= 4 is 37.1 Å². The number of sulfone groups is 1. The van der Waals surface area contributed by atoms with Gasteiger partial charge in [0.15, 0.2) is 9.84 Å². The molecule has 2 N–H and O–H groups in total. The highest BCUT2D eigenvalue weighted by Gasteiger charge is 2.37. The van der Waals surface area contributed by atoms with Gasteiger partial charge >= 0.3 is 0 Å². The molecule has 1 aromatic rings. The predicted molar refractivity (Wildman–Crippen MR) is 92.0 cm³/mol. The first-order chi connectivity index (χ1) is 11.2. The van der Waals surface area contributed by atoms with Crippen molar-refractivity contribution in [2.45, 2.75) is 48.9 Å². The van der Waals surface area contributed by atoms with Gasteiger partial charge in [0, 0.05) is 12.6 Å². The van der Waals surface area contributed by atoms with Gasteiger partial charge in [-0.15, -0.1) is 0 Å². The number of nitrogens with one attached hydrogen (secondary N) is 2. The summed E-state index contributed by atoms with van der Waals surface area (Å²) in [6, 6.07) is 4.58. The standard InChI is InChI=1S/C15H20N2O5S2/c1-10(18)16-12-6-11(9-23(19,20)14-2-3-14)7-13(8-12)17-24(21,22)15-4-5-15/h6-8,14-15,17H,2-5,9H2,1H3,(H,16,18). The predicted octanol–water partition coefficient (Wildman–Crippen LogP) is 1.63. The highest BCUT2D eigenvalue weighted by Crippen LogP contribution is 2.33. The highest BCUT2D eigenvalue weighted by atomic mass is 32.2. The van der Waals surface area contributed by atoms with Crippen LogP contribution in [-0.4, -0.2) is 33.2 Å². The Morgan fingerprint density at radius 3 is 2.12 bits per heavy atom. The fraction of sp³-hybridized carbons (Fsp3) is 0.533. The van der Waals surface area contributed by atoms with Crippen molar-refractivity contribution in [1.82, 2.24) is 0 Å². The molecule has 0 aliphatic heterocycles. The van der Waals surface area contributed by atoms with E-state index in [1.54, 1.807) is 6.07 Å². The second kappa shape index (κ2) is 6.03. The van der Waals surface area contributed by atoms with Gasteiger partial charge in [-0.05, 0) is 49.4 Å². The summed E-state index contributed by atoms with van der Waals surface area (Å²) in [6.45, 7) is 1.33. The molecule has 0 aromatic heterocycles. The molecule has 7 nitrogen and oxygen atoms in total. The van der Waals surface area contributed by atoms with E-state index in [1.165, 1.54) is 19.1 Å². The minimum Gasteiger partial charge on any atom is -0.326 e. The number of hydrogen-bond donors (Lipinski definition) is 2. The second-order valence-electron chi connectivity index (χ2n) is 6.45. The maximum absolute atomic E-state index is 12.2. The Hall–Kier alpha value is -1.61. The van der Waals surface area contributed by atoms with Crippen LogP contribution in [0.25, 0.3) is 0 Å². The number of carbonyl (C=O) groups is 1. The van der Waals surface area contributed by atoms with Crippen LogP contribution in [0.5, 0.6) is 0 Å². The molecule has 2 aliphatic carbocycles. The molecule has 2 saturated carbocycles. The van der Waals surface area contributed by atoms with Crippen molar-refractivity contribution in [3.05, 3.63) is 23.8 Å². The topological polar surface area (TPSA) is 109 Å². The van der Waals surface area contributed by atoms with E-state index in [2.05, 4.69) is 10.0 Å². The average Bonchev–Trinajstić information content (AvgIpc) is 3.26. The summed E-state index contributed by atoms with van der Waals surface area (Å²) in [4.78, 5) is 11.3. The van der Waals surface area contributed by atoms with E-state index in [4.69, 9.17) is 0 Å². The van der Waals surface area contributed by atoms with Crippen molar-refractivity contribution in [2.24, 2.45) is 0 Å². The molecule has 1 amide bonds. The second-order valence-corrected chi connectivity index (χ2v) is 10.7. The van der Waals surface area contributed by atoms with Crippen LogP contribution in [0.2, 0.25) is 0 Å². The molecular weight excluding hydrogens is 352 g/mol. The molecule has 0 saturated heterocycles. The van der Waals surface area contributed by atoms with E-state index >= 15 is 0 Å². The van der Waals surface area contributed by atoms with E-state index in [9.17, 15) is 21.6 Å². The van der Waals surface area contributed by atoms with Crippen LogP contribution < -0.4 is 10.0 Å². The molecule has 1 aromatic carbocycles. The number of anilines is 2. The SMILES string of the molecule is CC(=O)Nc1cc(CS(=O)(=O)C2CC2)cc(NS(=O)(=O)C2CC2)c1. The van der Waals surface area contributed by atoms with E-state index in [-0.39, 0.29) is 27.8 Å². The Morgan fingerprint density at radius 2 is 1.58 bits per heavy atom. The van der Waals surface area contributed by atoms with Crippen LogP contribution in [-0.2, 0) is 30.4 Å². The quantitative estimate of drug-likeness (QED) is 0.756. The van der Waals surface area contributed by atoms with Crippen LogP contribution in [0.3, 0.4) is 0 Å². The average molecular weight is 372 g/mol. The molecule has 9 heteroatoms. The van der Waals surface area contributed by atoms with E-state index < -0.39 is 19.9 Å². The highest BCUT2D eigenvalue weighted by molar-refractivity contribution is 7.93. The van der Waals surface area contributed by atoms with Crippen molar-refractivity contribution < 1.29 is 21.6 Å². The molecule has 0 unspecified atom stereocenters. The molecule has 0 radical (unpaired) electrons. The molecule has 132 valence electrons. The summed E-state index contributed by atoms with van der Waals surface area (Å²) in [5.74, 6) is -0.475. The Balaban J connectivity index is 1.89. The molecule has 0 spiro atoms. The summed E-state index contributed by atoms with van der Waals surface area (Å²) >= 11 is 0. The summed E-state index contributed by atoms with van der Waals surface area (Å²) in [6.07, 6.45) is 2.61. The lowest BCUT2D eigenvalue weighted by molar-refractivity contribution is -0.114. The minimum atomic E-state index is -3.46. The third-order valence-corrected chi connectivity index (χ3v) is 8.03. The monoisotopic (exact) mass is 372 g/mol. The number of sulfonamides is 1. The molecule has 0 bridgehead atoms. The molecule has 2 fully saturated rings. The van der Waals surface area contributed by atoms with Gasteiger partial charge in [-0.2, -0.15) is 0 Å². The number of carbonyl (C=O) groups excluding carboxylic acids is 1. The lowest BCUT2D eigenvalue weighted by atomic mass is 10.2. The number of hydrogen-bond acceptors (Lipinski definition) is 5. The fourth-order valence-electron chi connectivity index (χ4n) is 2.51. The first-order valence-electron chi connectivity index (χ1n) is 7.80. The van der Waals surface area contributed by atoms with E-state index in [0.717, 1.165) is 0 Å². The summed E-state index contributed by atoms with van der Waals surface area (Å²) < 4.78 is 51.0. The van der Waals surface area contributed by atoms with Gasteiger partial charge in [0.2, 0.25) is 15.9 Å². The van der Waals surface area contributed by atoms with Crippen LogP contribution in [0, 0.1) is 0 Å². The van der Waals surface area contributed by atoms with Crippen LogP contribution in [0.4, 0.5) is 11.4 Å². The number of benzene rings is 1. The maximum Gasteiger partial charge on any atom is 0.235 e. The Bertz CT molecular complexity index is 807. The van der Waals surface area contributed by atoms with E-state index in [0.29, 0.717) is 36.9 Å². The summed E-state index contributed by atoms with van der Waals surface area (Å²) in [5, 5.41) is 1.89. The minimum absolute atomic E-state index is 0.163. The molecule has 0 heterocycles. The third kappa shape index (κ3) is 4.27. The van der Waals surface area contributed by atoms with Gasteiger partial charge in [-0.1, -0.05) is 0 Å². The van der Waals surface area contributed by atoms with Gasteiger partial charge in [-0.3, -0.25) is 9.52 Å². The van der Waals surface area contributed by atoms with Crippen LogP contribution >= 0.6 is 0 Å². The maximum atomic E-state index is 12.2. The third-order valence-electron chi connectivity index (χ3n) is 3.94. The molecular formula is C15H20N2O5S2. The van der Waals surface area contributed by atoms with Gasteiger partial charge < -0.3 is 5.32 Å². The molecule has 0 atom stereocenters. The molecule has 2 aliphatic rings. The van der Waals surface area contributed by atoms with E-state index in [1.807, 2.05) is 0 Å². The Labute approximate surface area is 141 Å². The lowest BCUT2D eigenvalue weighted by Crippen LogP contribution is -2.18.